The van der Waals surface area contributed by atoms with E-state index in [9.17, 15) is 14.9 Å². The topological polar surface area (TPSA) is 81.9 Å². The maximum absolute atomic E-state index is 13.0. The fourth-order valence-electron chi connectivity index (χ4n) is 3.22. The Bertz CT molecular complexity index is 1300. The molecule has 0 aliphatic carbocycles. The molecular weight excluding hydrogens is 540 g/mol. The number of rotatable bonds is 7. The number of nitrogens with zero attached hydrogens (tertiary/aromatic N) is 2. The molecule has 4 rings (SSSR count). The zero-order valence-corrected chi connectivity index (χ0v) is 21.0. The molecule has 1 amide bonds. The first-order valence-electron chi connectivity index (χ1n) is 9.94. The van der Waals surface area contributed by atoms with E-state index in [-0.39, 0.29) is 18.2 Å². The van der Waals surface area contributed by atoms with Crippen molar-refractivity contribution < 1.29 is 19.2 Å². The Hall–Kier alpha value is -3.21. The molecule has 172 valence electrons. The zero-order chi connectivity index (χ0) is 24.2. The summed E-state index contributed by atoms with van der Waals surface area (Å²) in [5.41, 5.74) is 2.25. The van der Waals surface area contributed by atoms with Crippen LogP contribution in [-0.4, -0.2) is 22.3 Å². The molecule has 7 nitrogen and oxygen atoms in total. The van der Waals surface area contributed by atoms with E-state index in [4.69, 9.17) is 21.7 Å². The Morgan fingerprint density at radius 2 is 1.82 bits per heavy atom. The van der Waals surface area contributed by atoms with Gasteiger partial charge in [-0.3, -0.25) is 19.8 Å². The van der Waals surface area contributed by atoms with Gasteiger partial charge in [0.25, 0.3) is 11.6 Å². The molecule has 1 aliphatic rings. The Morgan fingerprint density at radius 1 is 1.12 bits per heavy atom. The van der Waals surface area contributed by atoms with Crippen LogP contribution in [0.15, 0.2) is 76.1 Å². The number of hydrogen-bond donors (Lipinski definition) is 0. The lowest BCUT2D eigenvalue weighted by molar-refractivity contribution is -0.384. The van der Waals surface area contributed by atoms with Crippen molar-refractivity contribution in [3.63, 3.8) is 0 Å². The number of ether oxygens (including phenoxy) is 2. The van der Waals surface area contributed by atoms with Crippen molar-refractivity contribution in [3.8, 4) is 11.5 Å². The molecule has 10 heteroatoms. The molecule has 0 unspecified atom stereocenters. The quantitative estimate of drug-likeness (QED) is 0.145. The molecule has 0 aromatic heterocycles. The van der Waals surface area contributed by atoms with Crippen LogP contribution in [0.3, 0.4) is 0 Å². The van der Waals surface area contributed by atoms with Gasteiger partial charge in [0.15, 0.2) is 15.8 Å². The minimum atomic E-state index is -0.447. The number of nitro benzene ring substituents is 1. The summed E-state index contributed by atoms with van der Waals surface area (Å²) in [7, 11) is 1.53. The van der Waals surface area contributed by atoms with Crippen molar-refractivity contribution in [1.29, 1.82) is 0 Å². The van der Waals surface area contributed by atoms with E-state index in [1.54, 1.807) is 30.3 Å². The number of nitro groups is 1. The maximum atomic E-state index is 13.0. The highest BCUT2D eigenvalue weighted by atomic mass is 79.9. The average Bonchev–Trinajstić information content (AvgIpc) is 3.12. The molecule has 1 saturated heterocycles. The molecule has 0 spiro atoms. The molecule has 0 N–H and O–H groups in total. The second-order valence-corrected chi connectivity index (χ2v) is 9.62. The highest BCUT2D eigenvalue weighted by Gasteiger charge is 2.33. The van der Waals surface area contributed by atoms with E-state index >= 15 is 0 Å². The Labute approximate surface area is 213 Å². The van der Waals surface area contributed by atoms with Crippen molar-refractivity contribution >= 4 is 67.6 Å². The highest BCUT2D eigenvalue weighted by Crippen LogP contribution is 2.39. The van der Waals surface area contributed by atoms with Crippen LogP contribution in [0.1, 0.15) is 11.1 Å². The highest BCUT2D eigenvalue weighted by molar-refractivity contribution is 9.10. The molecule has 1 fully saturated rings. The molecule has 0 bridgehead atoms. The summed E-state index contributed by atoms with van der Waals surface area (Å²) in [6.45, 7) is 0.204. The van der Waals surface area contributed by atoms with Gasteiger partial charge in [0.2, 0.25) is 0 Å². The number of anilines is 1. The third kappa shape index (κ3) is 5.14. The summed E-state index contributed by atoms with van der Waals surface area (Å²) < 4.78 is 12.5. The van der Waals surface area contributed by atoms with Gasteiger partial charge < -0.3 is 9.47 Å². The monoisotopic (exact) mass is 556 g/mol. The molecule has 0 atom stereocenters. The van der Waals surface area contributed by atoms with Crippen molar-refractivity contribution in [1.82, 2.24) is 0 Å². The minimum Gasteiger partial charge on any atom is -0.493 e. The van der Waals surface area contributed by atoms with Crippen LogP contribution in [0.2, 0.25) is 0 Å². The lowest BCUT2D eigenvalue weighted by atomic mass is 10.1. The van der Waals surface area contributed by atoms with Crippen LogP contribution in [0.4, 0.5) is 11.4 Å². The second kappa shape index (κ2) is 10.4. The molecule has 34 heavy (non-hydrogen) atoms. The van der Waals surface area contributed by atoms with E-state index in [0.29, 0.717) is 25.2 Å². The van der Waals surface area contributed by atoms with E-state index < -0.39 is 4.92 Å². The molecular formula is C24H17BrN2O5S2. The number of benzene rings is 3. The zero-order valence-electron chi connectivity index (χ0n) is 17.8. The number of para-hydroxylation sites is 1. The molecule has 3 aromatic rings. The summed E-state index contributed by atoms with van der Waals surface area (Å²) in [5.74, 6) is 0.780. The fraction of sp³-hybridized carbons (Fsp3) is 0.0833. The first-order valence-corrected chi connectivity index (χ1v) is 12.0. The van der Waals surface area contributed by atoms with Crippen molar-refractivity contribution in [3.05, 3.63) is 97.3 Å². The van der Waals surface area contributed by atoms with Gasteiger partial charge in [-0.1, -0.05) is 58.1 Å². The van der Waals surface area contributed by atoms with Gasteiger partial charge >= 0.3 is 0 Å². The maximum Gasteiger partial charge on any atom is 0.270 e. The molecule has 0 saturated carbocycles. The predicted octanol–water partition coefficient (Wildman–Crippen LogP) is 6.35. The number of carbonyl (C=O) groups excluding carboxylic acids is 1. The molecule has 1 aliphatic heterocycles. The smallest absolute Gasteiger partial charge is 0.270 e. The summed E-state index contributed by atoms with van der Waals surface area (Å²) >= 11 is 10.2. The SMILES string of the molecule is COc1cc(/C=C2/SC(=S)N(c3ccccc3)C2=O)c(Br)cc1OCc1ccc([N+](=O)[O-])cc1. The second-order valence-electron chi connectivity index (χ2n) is 7.09. The lowest BCUT2D eigenvalue weighted by Crippen LogP contribution is -2.27. The van der Waals surface area contributed by atoms with Crippen molar-refractivity contribution in [2.45, 2.75) is 6.61 Å². The lowest BCUT2D eigenvalue weighted by Gasteiger charge is -2.14. The first-order chi connectivity index (χ1) is 16.4. The van der Waals surface area contributed by atoms with Gasteiger partial charge in [0.05, 0.1) is 22.6 Å². The summed E-state index contributed by atoms with van der Waals surface area (Å²) in [4.78, 5) is 25.4. The van der Waals surface area contributed by atoms with Crippen molar-refractivity contribution in [2.24, 2.45) is 0 Å². The molecule has 1 heterocycles. The van der Waals surface area contributed by atoms with Gasteiger partial charge in [-0.05, 0) is 53.6 Å². The van der Waals surface area contributed by atoms with E-state index in [2.05, 4.69) is 15.9 Å². The van der Waals surface area contributed by atoms with Crippen LogP contribution < -0.4 is 14.4 Å². The average molecular weight is 557 g/mol. The van der Waals surface area contributed by atoms with Crippen LogP contribution in [0.25, 0.3) is 6.08 Å². The van der Waals surface area contributed by atoms with Gasteiger partial charge in [-0.25, -0.2) is 0 Å². The van der Waals surface area contributed by atoms with Crippen molar-refractivity contribution in [2.75, 3.05) is 12.0 Å². The summed E-state index contributed by atoms with van der Waals surface area (Å²) in [5, 5.41) is 10.8. The standard InChI is InChI=1S/C24H17BrN2O5S2/c1-31-20-11-16(12-22-23(28)26(24(33)34-22)17-5-3-2-4-6-17)19(25)13-21(20)32-14-15-7-9-18(10-8-15)27(29)30/h2-13H,14H2,1H3/b22-12+. The van der Waals surface area contributed by atoms with Crippen LogP contribution in [0.5, 0.6) is 11.5 Å². The summed E-state index contributed by atoms with van der Waals surface area (Å²) in [6, 6.07) is 18.9. The normalized spacial score (nSPS) is 14.5. The minimum absolute atomic E-state index is 0.0195. The Balaban J connectivity index is 1.55. The largest absolute Gasteiger partial charge is 0.493 e. The number of methoxy groups -OCH3 is 1. The Morgan fingerprint density at radius 3 is 2.47 bits per heavy atom. The number of halogens is 1. The van der Waals surface area contributed by atoms with Gasteiger partial charge in [0, 0.05) is 16.6 Å². The van der Waals surface area contributed by atoms with Crippen LogP contribution >= 0.6 is 39.9 Å². The van der Waals surface area contributed by atoms with Crippen LogP contribution in [0, 0.1) is 10.1 Å². The number of thiocarbonyl (C=S) groups is 1. The number of amides is 1. The number of hydrogen-bond acceptors (Lipinski definition) is 7. The number of thioether (sulfide) groups is 1. The van der Waals surface area contributed by atoms with E-state index in [1.807, 2.05) is 30.3 Å². The van der Waals surface area contributed by atoms with Gasteiger partial charge in [-0.2, -0.15) is 0 Å². The third-order valence-electron chi connectivity index (χ3n) is 4.92. The number of non-ortho nitro benzene ring substituents is 1. The molecule has 3 aromatic carbocycles. The number of carbonyl (C=O) groups is 1. The van der Waals surface area contributed by atoms with E-state index in [1.165, 1.54) is 35.9 Å². The van der Waals surface area contributed by atoms with Gasteiger partial charge in [0.1, 0.15) is 6.61 Å². The Kier molecular flexibility index (Phi) is 7.30. The van der Waals surface area contributed by atoms with Crippen LogP contribution in [-0.2, 0) is 11.4 Å². The fourth-order valence-corrected chi connectivity index (χ4v) is 4.94. The van der Waals surface area contributed by atoms with E-state index in [0.717, 1.165) is 16.8 Å². The first kappa shape index (κ1) is 23.9. The molecule has 0 radical (unpaired) electrons. The predicted molar refractivity (Wildman–Crippen MR) is 140 cm³/mol. The van der Waals surface area contributed by atoms with Gasteiger partial charge in [-0.15, -0.1) is 0 Å². The third-order valence-corrected chi connectivity index (χ3v) is 6.91. The summed E-state index contributed by atoms with van der Waals surface area (Å²) in [6.07, 6.45) is 1.76.